The average molecular weight is 264 g/mol. The summed E-state index contributed by atoms with van der Waals surface area (Å²) >= 11 is 0. The summed E-state index contributed by atoms with van der Waals surface area (Å²) in [7, 11) is 0. The number of nitriles is 1. The minimum Gasteiger partial charge on any atom is -0.568 e. The molecule has 0 unspecified atom stereocenters. The molecule has 0 atom stereocenters. The first-order chi connectivity index (χ1) is 8.96. The molecule has 0 aliphatic carbocycles. The number of benzene rings is 1. The van der Waals surface area contributed by atoms with Gasteiger partial charge in [-0.3, -0.25) is 4.79 Å². The van der Waals surface area contributed by atoms with Gasteiger partial charge in [0.1, 0.15) is 5.69 Å². The Morgan fingerprint density at radius 1 is 1.53 bits per heavy atom. The summed E-state index contributed by atoms with van der Waals surface area (Å²) in [6.45, 7) is 3.06. The number of rotatable bonds is 5. The zero-order valence-electron chi connectivity index (χ0n) is 10.3. The average Bonchev–Trinajstić information content (AvgIpc) is 2.39. The largest absolute Gasteiger partial charge is 0.568 e. The van der Waals surface area contributed by atoms with Crippen LogP contribution < -0.4 is 5.01 Å². The molecule has 8 nitrogen and oxygen atoms in total. The first-order valence-electron chi connectivity index (χ1n) is 5.20. The molecule has 0 bridgehead atoms. The fourth-order valence-electron chi connectivity index (χ4n) is 1.50. The Bertz CT molecular complexity index is 518. The first-order valence-corrected chi connectivity index (χ1v) is 5.20. The maximum absolute atomic E-state index is 11.6. The third-order valence-corrected chi connectivity index (χ3v) is 2.34. The van der Waals surface area contributed by atoms with Crippen LogP contribution in [0.2, 0.25) is 0 Å². The van der Waals surface area contributed by atoms with E-state index in [2.05, 4.69) is 5.28 Å². The molecule has 8 heteroatoms. The van der Waals surface area contributed by atoms with Crippen LogP contribution in [0.1, 0.15) is 19.4 Å². The number of anilines is 1. The van der Waals surface area contributed by atoms with E-state index in [4.69, 9.17) is 15.2 Å². The summed E-state index contributed by atoms with van der Waals surface area (Å²) in [6, 6.07) is 7.81. The van der Waals surface area contributed by atoms with E-state index < -0.39 is 5.72 Å². The van der Waals surface area contributed by atoms with Gasteiger partial charge in [0.15, 0.2) is 0 Å². The van der Waals surface area contributed by atoms with E-state index in [0.717, 1.165) is 5.01 Å². The zero-order chi connectivity index (χ0) is 14.5. The molecule has 0 amide bonds. The summed E-state index contributed by atoms with van der Waals surface area (Å²) in [5, 5.41) is 32.3. The predicted octanol–water partition coefficient (Wildman–Crippen LogP) is 1.54. The molecule has 0 saturated heterocycles. The Kier molecular flexibility index (Phi) is 4.26. The first kappa shape index (κ1) is 14.2. The lowest BCUT2D eigenvalue weighted by Gasteiger charge is -2.31. The maximum atomic E-state index is 11.6. The second-order valence-corrected chi connectivity index (χ2v) is 3.97. The zero-order valence-corrected chi connectivity index (χ0v) is 10.3. The van der Waals surface area contributed by atoms with Gasteiger partial charge < -0.3 is 15.2 Å². The third-order valence-electron chi connectivity index (χ3n) is 2.34. The highest BCUT2D eigenvalue weighted by Crippen LogP contribution is 2.25. The molecular formula is C11H12N4O4. The normalized spacial score (nSPS) is 11.5. The van der Waals surface area contributed by atoms with Crippen molar-refractivity contribution in [2.24, 2.45) is 5.28 Å². The van der Waals surface area contributed by atoms with E-state index >= 15 is 0 Å². The number of carbonyl (C=O) groups excluding carboxylic acids is 1. The molecule has 0 aliphatic rings. The second kappa shape index (κ2) is 5.68. The van der Waals surface area contributed by atoms with Gasteiger partial charge in [0.25, 0.3) is 6.47 Å². The predicted molar refractivity (Wildman–Crippen MR) is 62.7 cm³/mol. The van der Waals surface area contributed by atoms with Crippen molar-refractivity contribution in [1.82, 2.24) is 0 Å². The van der Waals surface area contributed by atoms with Gasteiger partial charge >= 0.3 is 0 Å². The number of hydrogen-bond acceptors (Lipinski definition) is 5. The SMILES string of the molecule is CC(C)(OC=O)N(c1ccc(C#N)cc1)/[N+]([O-])=N/O. The molecule has 1 rings (SSSR count). The van der Waals surface area contributed by atoms with Crippen LogP contribution in [0.15, 0.2) is 29.5 Å². The summed E-state index contributed by atoms with van der Waals surface area (Å²) in [5.74, 6) is 0. The molecule has 0 heterocycles. The highest BCUT2D eigenvalue weighted by molar-refractivity contribution is 5.50. The van der Waals surface area contributed by atoms with Crippen molar-refractivity contribution in [2.45, 2.75) is 19.6 Å². The van der Waals surface area contributed by atoms with Gasteiger partial charge in [-0.05, 0) is 24.3 Å². The number of hydrazine groups is 1. The molecular weight excluding hydrogens is 252 g/mol. The second-order valence-electron chi connectivity index (χ2n) is 3.97. The molecule has 0 radical (unpaired) electrons. The lowest BCUT2D eigenvalue weighted by atomic mass is 10.2. The smallest absolute Gasteiger partial charge is 0.295 e. The van der Waals surface area contributed by atoms with Gasteiger partial charge in [0, 0.05) is 13.8 Å². The number of nitrogens with zero attached hydrogens (tertiary/aromatic N) is 4. The van der Waals surface area contributed by atoms with Crippen molar-refractivity contribution in [1.29, 1.82) is 5.26 Å². The third kappa shape index (κ3) is 3.10. The molecule has 0 saturated carbocycles. The molecule has 100 valence electrons. The molecule has 19 heavy (non-hydrogen) atoms. The van der Waals surface area contributed by atoms with Crippen molar-refractivity contribution >= 4 is 12.2 Å². The van der Waals surface area contributed by atoms with E-state index in [1.54, 1.807) is 0 Å². The van der Waals surface area contributed by atoms with Crippen LogP contribution in [0.25, 0.3) is 0 Å². The Morgan fingerprint density at radius 2 is 2.11 bits per heavy atom. The lowest BCUT2D eigenvalue weighted by molar-refractivity contribution is -0.584. The van der Waals surface area contributed by atoms with Crippen molar-refractivity contribution in [3.05, 3.63) is 35.0 Å². The summed E-state index contributed by atoms with van der Waals surface area (Å²) in [6.07, 6.45) is 0. The number of ether oxygens (including phenoxy) is 1. The number of carbonyl (C=O) groups is 1. The van der Waals surface area contributed by atoms with Gasteiger partial charge in [0.05, 0.1) is 16.6 Å². The van der Waals surface area contributed by atoms with E-state index in [1.807, 2.05) is 6.07 Å². The topological polar surface area (TPSA) is 112 Å². The van der Waals surface area contributed by atoms with Crippen LogP contribution in [0.4, 0.5) is 5.69 Å². The molecule has 0 aromatic heterocycles. The fraction of sp³-hybridized carbons (Fsp3) is 0.273. The van der Waals surface area contributed by atoms with Gasteiger partial charge in [-0.25, -0.2) is 0 Å². The minimum absolute atomic E-state index is 0.120. The highest BCUT2D eigenvalue weighted by atomic mass is 16.6. The van der Waals surface area contributed by atoms with Crippen molar-refractivity contribution < 1.29 is 19.7 Å². The van der Waals surface area contributed by atoms with Gasteiger partial charge in [0.2, 0.25) is 11.0 Å². The van der Waals surface area contributed by atoms with Crippen LogP contribution in [0.3, 0.4) is 0 Å². The van der Waals surface area contributed by atoms with E-state index in [1.165, 1.54) is 38.1 Å². The van der Waals surface area contributed by atoms with Gasteiger partial charge in [-0.15, -0.1) is 0 Å². The molecule has 0 fully saturated rings. The van der Waals surface area contributed by atoms with Gasteiger partial charge in [-0.1, -0.05) is 5.01 Å². The summed E-state index contributed by atoms with van der Waals surface area (Å²) in [4.78, 5) is 10.3. The highest BCUT2D eigenvalue weighted by Gasteiger charge is 2.37. The van der Waals surface area contributed by atoms with Crippen molar-refractivity contribution in [2.75, 3.05) is 5.01 Å². The van der Waals surface area contributed by atoms with Crippen LogP contribution in [0, 0.1) is 16.5 Å². The minimum atomic E-state index is -1.37. The quantitative estimate of drug-likeness (QED) is 0.284. The molecule has 1 aromatic carbocycles. The van der Waals surface area contributed by atoms with Crippen LogP contribution in [-0.2, 0) is 9.53 Å². The van der Waals surface area contributed by atoms with Gasteiger partial charge in [-0.2, -0.15) is 5.26 Å². The number of hydrogen-bond donors (Lipinski definition) is 1. The molecule has 1 N–H and O–H groups in total. The van der Waals surface area contributed by atoms with Crippen LogP contribution in [0.5, 0.6) is 0 Å². The molecule has 0 spiro atoms. The van der Waals surface area contributed by atoms with Crippen molar-refractivity contribution in [3.8, 4) is 6.07 Å². The Hall–Kier alpha value is -2.82. The monoisotopic (exact) mass is 264 g/mol. The summed E-state index contributed by atoms with van der Waals surface area (Å²) in [5.41, 5.74) is -0.681. The lowest BCUT2D eigenvalue weighted by Crippen LogP contribution is -2.50. The molecule has 1 aromatic rings. The van der Waals surface area contributed by atoms with E-state index in [-0.39, 0.29) is 11.4 Å². The fourth-order valence-corrected chi connectivity index (χ4v) is 1.50. The summed E-state index contributed by atoms with van der Waals surface area (Å²) < 4.78 is 4.79. The van der Waals surface area contributed by atoms with Crippen LogP contribution >= 0.6 is 0 Å². The van der Waals surface area contributed by atoms with Crippen LogP contribution in [-0.4, -0.2) is 22.4 Å². The Balaban J connectivity index is 3.24. The van der Waals surface area contributed by atoms with Crippen molar-refractivity contribution in [3.63, 3.8) is 0 Å². The Morgan fingerprint density at radius 3 is 2.53 bits per heavy atom. The maximum Gasteiger partial charge on any atom is 0.295 e. The standard InChI is InChI=1S/C11H12N4O4/c1-11(2,19-8-16)14(15(18)13-17)10-5-3-9(7-12)4-6-10/h3-6,8,17H,1-2H3/b15-13-. The van der Waals surface area contributed by atoms with E-state index in [9.17, 15) is 10.0 Å². The molecule has 0 aliphatic heterocycles. The van der Waals surface area contributed by atoms with E-state index in [0.29, 0.717) is 11.3 Å². The Labute approximate surface area is 109 Å².